The molecule has 0 bridgehead atoms. The molecule has 0 saturated heterocycles. The summed E-state index contributed by atoms with van der Waals surface area (Å²) >= 11 is 0. The van der Waals surface area contributed by atoms with Crippen LogP contribution in [0.5, 0.6) is 5.75 Å². The van der Waals surface area contributed by atoms with Gasteiger partial charge < -0.3 is 10.1 Å². The van der Waals surface area contributed by atoms with Crippen LogP contribution in [0.2, 0.25) is 0 Å². The summed E-state index contributed by atoms with van der Waals surface area (Å²) in [5.41, 5.74) is 3.16. The van der Waals surface area contributed by atoms with Gasteiger partial charge in [-0.05, 0) is 42.2 Å². The Hall–Kier alpha value is -2.29. The van der Waals surface area contributed by atoms with Crippen molar-refractivity contribution in [3.63, 3.8) is 0 Å². The maximum atomic E-state index is 11.9. The molecule has 2 aromatic rings. The number of amides is 1. The summed E-state index contributed by atoms with van der Waals surface area (Å²) in [6, 6.07) is 15.6. The quantitative estimate of drug-likeness (QED) is 0.875. The van der Waals surface area contributed by atoms with E-state index in [1.54, 1.807) is 0 Å². The molecule has 0 radical (unpaired) electrons. The predicted molar refractivity (Wildman–Crippen MR) is 85.8 cm³/mol. The fraction of sp³-hybridized carbons (Fsp3) is 0.278. The molecule has 2 aromatic carbocycles. The van der Waals surface area contributed by atoms with Crippen molar-refractivity contribution >= 4 is 11.6 Å². The zero-order valence-corrected chi connectivity index (χ0v) is 12.6. The minimum absolute atomic E-state index is 0.0204. The van der Waals surface area contributed by atoms with Crippen molar-refractivity contribution < 1.29 is 9.53 Å². The summed E-state index contributed by atoms with van der Waals surface area (Å²) in [6.07, 6.45) is 1.88. The van der Waals surface area contributed by atoms with Gasteiger partial charge in [0.05, 0.1) is 0 Å². The van der Waals surface area contributed by atoms with E-state index in [2.05, 4.69) is 19.2 Å². The molecule has 0 fully saturated rings. The molecule has 0 unspecified atom stereocenters. The summed E-state index contributed by atoms with van der Waals surface area (Å²) in [5.74, 6) is 0.627. The minimum atomic E-state index is -0.148. The average Bonchev–Trinajstić information content (AvgIpc) is 2.54. The fourth-order valence-corrected chi connectivity index (χ4v) is 2.10. The van der Waals surface area contributed by atoms with Crippen molar-refractivity contribution in [2.24, 2.45) is 0 Å². The number of carbonyl (C=O) groups excluding carboxylic acids is 1. The van der Waals surface area contributed by atoms with Crippen LogP contribution in [0.25, 0.3) is 0 Å². The van der Waals surface area contributed by atoms with Crippen LogP contribution in [0.1, 0.15) is 25.0 Å². The van der Waals surface area contributed by atoms with Crippen molar-refractivity contribution in [3.05, 3.63) is 59.7 Å². The summed E-state index contributed by atoms with van der Waals surface area (Å²) in [5, 5.41) is 2.84. The van der Waals surface area contributed by atoms with E-state index < -0.39 is 0 Å². The molecule has 110 valence electrons. The lowest BCUT2D eigenvalue weighted by molar-refractivity contribution is -0.118. The summed E-state index contributed by atoms with van der Waals surface area (Å²) < 4.78 is 5.59. The summed E-state index contributed by atoms with van der Waals surface area (Å²) in [7, 11) is 0. The minimum Gasteiger partial charge on any atom is -0.483 e. The highest BCUT2D eigenvalue weighted by Gasteiger charge is 2.06. The van der Waals surface area contributed by atoms with Gasteiger partial charge in [-0.1, -0.05) is 44.2 Å². The van der Waals surface area contributed by atoms with Crippen LogP contribution in [-0.4, -0.2) is 12.5 Å². The van der Waals surface area contributed by atoms with E-state index in [-0.39, 0.29) is 12.5 Å². The van der Waals surface area contributed by atoms with Crippen molar-refractivity contribution in [3.8, 4) is 5.75 Å². The van der Waals surface area contributed by atoms with Crippen LogP contribution >= 0.6 is 0 Å². The van der Waals surface area contributed by atoms with Gasteiger partial charge in [0.2, 0.25) is 0 Å². The second kappa shape index (κ2) is 7.48. The number of ether oxygens (including phenoxy) is 1. The number of benzene rings is 2. The largest absolute Gasteiger partial charge is 0.483 e. The highest BCUT2D eigenvalue weighted by molar-refractivity contribution is 5.91. The Kier molecular flexibility index (Phi) is 5.38. The van der Waals surface area contributed by atoms with E-state index in [0.29, 0.717) is 0 Å². The molecule has 1 amide bonds. The van der Waals surface area contributed by atoms with E-state index >= 15 is 0 Å². The normalized spacial score (nSPS) is 10.2. The fourth-order valence-electron chi connectivity index (χ4n) is 2.10. The van der Waals surface area contributed by atoms with Gasteiger partial charge in [-0.3, -0.25) is 4.79 Å². The Labute approximate surface area is 126 Å². The van der Waals surface area contributed by atoms with Crippen molar-refractivity contribution in [1.29, 1.82) is 0 Å². The molecule has 0 atom stereocenters. The first-order valence-corrected chi connectivity index (χ1v) is 7.32. The zero-order chi connectivity index (χ0) is 15.1. The van der Waals surface area contributed by atoms with Crippen LogP contribution in [-0.2, 0) is 17.6 Å². The molecule has 0 aromatic heterocycles. The third kappa shape index (κ3) is 4.35. The molecule has 3 nitrogen and oxygen atoms in total. The average molecular weight is 283 g/mol. The lowest BCUT2D eigenvalue weighted by atomic mass is 10.1. The number of rotatable bonds is 6. The van der Waals surface area contributed by atoms with Gasteiger partial charge in [-0.15, -0.1) is 0 Å². The third-order valence-electron chi connectivity index (χ3n) is 3.36. The molecule has 21 heavy (non-hydrogen) atoms. The number of hydrogen-bond acceptors (Lipinski definition) is 2. The number of aryl methyl sites for hydroxylation is 2. The lowest BCUT2D eigenvalue weighted by Gasteiger charge is -2.10. The number of para-hydroxylation sites is 1. The first kappa shape index (κ1) is 15.1. The van der Waals surface area contributed by atoms with Crippen LogP contribution in [0.15, 0.2) is 48.5 Å². The van der Waals surface area contributed by atoms with Crippen LogP contribution < -0.4 is 10.1 Å². The molecule has 2 rings (SSSR count). The maximum absolute atomic E-state index is 11.9. The Morgan fingerprint density at radius 2 is 1.71 bits per heavy atom. The Morgan fingerprint density at radius 1 is 1.00 bits per heavy atom. The van der Waals surface area contributed by atoms with E-state index in [4.69, 9.17) is 4.74 Å². The van der Waals surface area contributed by atoms with Crippen molar-refractivity contribution in [2.45, 2.75) is 26.7 Å². The number of hydrogen-bond donors (Lipinski definition) is 1. The first-order valence-electron chi connectivity index (χ1n) is 7.32. The third-order valence-corrected chi connectivity index (χ3v) is 3.36. The van der Waals surface area contributed by atoms with E-state index in [0.717, 1.165) is 29.8 Å². The van der Waals surface area contributed by atoms with Gasteiger partial charge in [-0.25, -0.2) is 0 Å². The predicted octanol–water partition coefficient (Wildman–Crippen LogP) is 3.83. The molecule has 3 heteroatoms. The lowest BCUT2D eigenvalue weighted by Crippen LogP contribution is -2.20. The van der Waals surface area contributed by atoms with Gasteiger partial charge in [0, 0.05) is 5.69 Å². The Morgan fingerprint density at radius 3 is 2.38 bits per heavy atom. The summed E-state index contributed by atoms with van der Waals surface area (Å²) in [6.45, 7) is 4.19. The second-order valence-electron chi connectivity index (χ2n) is 4.85. The molecule has 0 heterocycles. The van der Waals surface area contributed by atoms with Crippen LogP contribution in [0.3, 0.4) is 0 Å². The number of nitrogens with one attached hydrogen (secondary N) is 1. The zero-order valence-electron chi connectivity index (χ0n) is 12.6. The highest BCUT2D eigenvalue weighted by atomic mass is 16.5. The van der Waals surface area contributed by atoms with E-state index in [1.807, 2.05) is 48.5 Å². The molecule has 0 aliphatic heterocycles. The second-order valence-corrected chi connectivity index (χ2v) is 4.85. The number of carbonyl (C=O) groups is 1. The Bertz CT molecular complexity index is 590. The Balaban J connectivity index is 1.89. The molecule has 0 aliphatic carbocycles. The molecular weight excluding hydrogens is 262 g/mol. The van der Waals surface area contributed by atoms with E-state index in [9.17, 15) is 4.79 Å². The van der Waals surface area contributed by atoms with E-state index in [1.165, 1.54) is 5.56 Å². The standard InChI is InChI=1S/C18H21NO2/c1-3-14-9-11-16(12-10-14)19-18(20)13-21-17-8-6-5-7-15(17)4-2/h5-12H,3-4,13H2,1-2H3,(H,19,20). The SMILES string of the molecule is CCc1ccc(NC(=O)COc2ccccc2CC)cc1. The first-order chi connectivity index (χ1) is 10.2. The molecule has 0 spiro atoms. The topological polar surface area (TPSA) is 38.3 Å². The summed E-state index contributed by atoms with van der Waals surface area (Å²) in [4.78, 5) is 11.9. The van der Waals surface area contributed by atoms with Gasteiger partial charge in [0.1, 0.15) is 5.75 Å². The van der Waals surface area contributed by atoms with Gasteiger partial charge in [0.15, 0.2) is 6.61 Å². The smallest absolute Gasteiger partial charge is 0.262 e. The van der Waals surface area contributed by atoms with Gasteiger partial charge >= 0.3 is 0 Å². The van der Waals surface area contributed by atoms with Crippen LogP contribution in [0, 0.1) is 0 Å². The molecule has 1 N–H and O–H groups in total. The van der Waals surface area contributed by atoms with Crippen LogP contribution in [0.4, 0.5) is 5.69 Å². The maximum Gasteiger partial charge on any atom is 0.262 e. The van der Waals surface area contributed by atoms with Gasteiger partial charge in [-0.2, -0.15) is 0 Å². The highest BCUT2D eigenvalue weighted by Crippen LogP contribution is 2.18. The molecule has 0 aliphatic rings. The molecular formula is C18H21NO2. The molecule has 0 saturated carbocycles. The van der Waals surface area contributed by atoms with Crippen molar-refractivity contribution in [1.82, 2.24) is 0 Å². The van der Waals surface area contributed by atoms with Gasteiger partial charge in [0.25, 0.3) is 5.91 Å². The van der Waals surface area contributed by atoms with Crippen molar-refractivity contribution in [2.75, 3.05) is 11.9 Å². The number of anilines is 1. The monoisotopic (exact) mass is 283 g/mol.